The molecule has 3 atom stereocenters. The molecule has 5 nitrogen and oxygen atoms in total. The number of hydrogen-bond acceptors (Lipinski definition) is 5. The van der Waals surface area contributed by atoms with Gasteiger partial charge in [0, 0.05) is 33.0 Å². The summed E-state index contributed by atoms with van der Waals surface area (Å²) >= 11 is 2.22. The number of piperidine rings is 1. The minimum Gasteiger partial charge on any atom is -0.462 e. The Bertz CT molecular complexity index is 338. The van der Waals surface area contributed by atoms with Gasteiger partial charge in [-0.1, -0.05) is 28.7 Å². The van der Waals surface area contributed by atoms with Gasteiger partial charge in [0.2, 0.25) is 0 Å². The lowest BCUT2D eigenvalue weighted by Crippen LogP contribution is -2.49. The number of halogens is 1. The molecule has 0 aromatic heterocycles. The summed E-state index contributed by atoms with van der Waals surface area (Å²) in [6, 6.07) is 0. The van der Waals surface area contributed by atoms with E-state index in [1.54, 1.807) is 7.11 Å². The van der Waals surface area contributed by atoms with Crippen LogP contribution < -0.4 is 0 Å². The zero-order valence-corrected chi connectivity index (χ0v) is 15.2. The second kappa shape index (κ2) is 10.5. The van der Waals surface area contributed by atoms with E-state index in [-0.39, 0.29) is 30.9 Å². The van der Waals surface area contributed by atoms with Crippen LogP contribution in [-0.2, 0) is 19.0 Å². The molecule has 0 aromatic rings. The third kappa shape index (κ3) is 7.08. The lowest BCUT2D eigenvalue weighted by molar-refractivity contribution is -0.163. The summed E-state index contributed by atoms with van der Waals surface area (Å²) in [5, 5.41) is 0. The van der Waals surface area contributed by atoms with Crippen LogP contribution in [0.1, 0.15) is 26.2 Å². The summed E-state index contributed by atoms with van der Waals surface area (Å²) in [6.45, 7) is 3.56. The molecule has 0 saturated carbocycles. The Hall–Kier alpha value is -0.180. The Balaban J connectivity index is 2.73. The van der Waals surface area contributed by atoms with Gasteiger partial charge in [-0.3, -0.25) is 4.79 Å². The van der Waals surface area contributed by atoms with E-state index >= 15 is 0 Å². The van der Waals surface area contributed by atoms with Crippen LogP contribution >= 0.6 is 22.6 Å². The van der Waals surface area contributed by atoms with Gasteiger partial charge in [0.1, 0.15) is 12.9 Å². The van der Waals surface area contributed by atoms with Crippen molar-refractivity contribution in [1.82, 2.24) is 4.90 Å². The van der Waals surface area contributed by atoms with Crippen LogP contribution in [0, 0.1) is 5.92 Å². The van der Waals surface area contributed by atoms with Gasteiger partial charge in [-0.15, -0.1) is 0 Å². The van der Waals surface area contributed by atoms with Gasteiger partial charge in [-0.05, 0) is 30.4 Å². The van der Waals surface area contributed by atoms with Gasteiger partial charge in [0.25, 0.3) is 0 Å². The fourth-order valence-corrected chi connectivity index (χ4v) is 3.11. The van der Waals surface area contributed by atoms with Crippen LogP contribution in [-0.4, -0.2) is 57.1 Å². The largest absolute Gasteiger partial charge is 0.462 e. The van der Waals surface area contributed by atoms with Gasteiger partial charge in [-0.25, -0.2) is 0 Å². The minimum absolute atomic E-state index is 0.0321. The molecule has 21 heavy (non-hydrogen) atoms. The molecule has 0 spiro atoms. The fourth-order valence-electron chi connectivity index (χ4n) is 2.75. The molecule has 1 fully saturated rings. The molecule has 0 radical (unpaired) electrons. The zero-order chi connectivity index (χ0) is 15.7. The number of carbonyl (C=O) groups excluding carboxylic acids is 1. The summed E-state index contributed by atoms with van der Waals surface area (Å²) < 4.78 is 18.4. The molecule has 6 heteroatoms. The Morgan fingerprint density at radius 3 is 2.90 bits per heavy atom. The van der Waals surface area contributed by atoms with Crippen LogP contribution in [0.3, 0.4) is 0 Å². The molecule has 1 saturated heterocycles. The Kier molecular flexibility index (Phi) is 9.46. The quantitative estimate of drug-likeness (QED) is 0.349. The number of methoxy groups -OCH3 is 1. The normalized spacial score (nSPS) is 25.1. The van der Waals surface area contributed by atoms with Crippen molar-refractivity contribution in [2.24, 2.45) is 5.92 Å². The number of hydrogen-bond donors (Lipinski definition) is 0. The van der Waals surface area contributed by atoms with Crippen LogP contribution in [0.2, 0.25) is 0 Å². The molecule has 0 N–H and O–H groups in total. The van der Waals surface area contributed by atoms with E-state index < -0.39 is 0 Å². The summed E-state index contributed by atoms with van der Waals surface area (Å²) in [6.07, 6.45) is 4.80. The first-order valence-corrected chi connectivity index (χ1v) is 8.54. The van der Waals surface area contributed by atoms with E-state index in [9.17, 15) is 4.79 Å². The number of esters is 1. The van der Waals surface area contributed by atoms with E-state index in [4.69, 9.17) is 14.2 Å². The van der Waals surface area contributed by atoms with Crippen LogP contribution in [0.5, 0.6) is 0 Å². The Morgan fingerprint density at radius 2 is 2.29 bits per heavy atom. The molecule has 1 heterocycles. The van der Waals surface area contributed by atoms with Gasteiger partial charge < -0.3 is 19.1 Å². The second-order valence-electron chi connectivity index (χ2n) is 5.41. The van der Waals surface area contributed by atoms with Gasteiger partial charge in [-0.2, -0.15) is 0 Å². The van der Waals surface area contributed by atoms with Crippen molar-refractivity contribution >= 4 is 28.6 Å². The molecule has 122 valence electrons. The lowest BCUT2D eigenvalue weighted by atomic mass is 9.87. The number of likely N-dealkylation sites (tertiary alicyclic amines) is 1. The molecular weight excluding hydrogens is 385 g/mol. The highest BCUT2D eigenvalue weighted by atomic mass is 127. The maximum atomic E-state index is 11.3. The molecule has 1 rings (SSSR count). The van der Waals surface area contributed by atoms with Crippen molar-refractivity contribution in [3.8, 4) is 0 Å². The predicted molar refractivity (Wildman–Crippen MR) is 90.3 cm³/mol. The molecule has 0 aromatic carbocycles. The first kappa shape index (κ1) is 18.9. The lowest BCUT2D eigenvalue weighted by Gasteiger charge is -2.40. The first-order valence-electron chi connectivity index (χ1n) is 7.30. The molecule has 0 amide bonds. The highest BCUT2D eigenvalue weighted by molar-refractivity contribution is 14.1. The summed E-state index contributed by atoms with van der Waals surface area (Å²) in [4.78, 5) is 13.6. The molecular formula is C15H26INO4. The number of carbonyl (C=O) groups is 1. The smallest absolute Gasteiger partial charge is 0.302 e. The SMILES string of the molecule is COCOC(CC/C=C/I)C1CN(C)CCC1OC(C)=O. The summed E-state index contributed by atoms with van der Waals surface area (Å²) in [5.41, 5.74) is 0. The number of allylic oxidation sites excluding steroid dienone is 1. The van der Waals surface area contributed by atoms with Crippen molar-refractivity contribution < 1.29 is 19.0 Å². The van der Waals surface area contributed by atoms with Crippen molar-refractivity contribution in [3.63, 3.8) is 0 Å². The van der Waals surface area contributed by atoms with E-state index in [1.165, 1.54) is 6.92 Å². The summed E-state index contributed by atoms with van der Waals surface area (Å²) in [5.74, 6) is -0.0300. The Morgan fingerprint density at radius 1 is 1.52 bits per heavy atom. The van der Waals surface area contributed by atoms with E-state index in [1.807, 2.05) is 4.08 Å². The monoisotopic (exact) mass is 411 g/mol. The third-order valence-corrected chi connectivity index (χ3v) is 4.21. The van der Waals surface area contributed by atoms with E-state index in [2.05, 4.69) is 40.6 Å². The topological polar surface area (TPSA) is 48.0 Å². The van der Waals surface area contributed by atoms with Gasteiger partial charge >= 0.3 is 5.97 Å². The maximum Gasteiger partial charge on any atom is 0.302 e. The average molecular weight is 411 g/mol. The van der Waals surface area contributed by atoms with Gasteiger partial charge in [0.15, 0.2) is 0 Å². The zero-order valence-electron chi connectivity index (χ0n) is 13.1. The van der Waals surface area contributed by atoms with Crippen molar-refractivity contribution in [2.45, 2.75) is 38.4 Å². The predicted octanol–water partition coefficient (Wildman–Crippen LogP) is 2.59. The number of nitrogens with zero attached hydrogens (tertiary/aromatic N) is 1. The number of ether oxygens (including phenoxy) is 3. The molecule has 0 bridgehead atoms. The maximum absolute atomic E-state index is 11.3. The van der Waals surface area contributed by atoms with Crippen molar-refractivity contribution in [2.75, 3.05) is 34.0 Å². The van der Waals surface area contributed by atoms with Gasteiger partial charge in [0.05, 0.1) is 6.10 Å². The molecule has 1 aliphatic heterocycles. The average Bonchev–Trinajstić information content (AvgIpc) is 2.44. The molecule has 3 unspecified atom stereocenters. The van der Waals surface area contributed by atoms with E-state index in [0.717, 1.165) is 32.4 Å². The van der Waals surface area contributed by atoms with Crippen molar-refractivity contribution in [3.05, 3.63) is 10.2 Å². The fraction of sp³-hybridized carbons (Fsp3) is 0.800. The first-order chi connectivity index (χ1) is 10.1. The highest BCUT2D eigenvalue weighted by Crippen LogP contribution is 2.27. The molecule has 0 aliphatic carbocycles. The van der Waals surface area contributed by atoms with E-state index in [0.29, 0.717) is 0 Å². The highest BCUT2D eigenvalue weighted by Gasteiger charge is 2.36. The minimum atomic E-state index is -0.216. The second-order valence-corrected chi connectivity index (χ2v) is 6.13. The van der Waals surface area contributed by atoms with Crippen LogP contribution in [0.15, 0.2) is 10.2 Å². The standard InChI is InChI=1S/C15H26INO4/c1-12(18)21-15-7-9-17(2)10-13(15)14(20-11-19-3)6-4-5-8-16/h5,8,13-15H,4,6-7,9-11H2,1-3H3/b8-5+. The number of rotatable bonds is 8. The van der Waals surface area contributed by atoms with Crippen molar-refractivity contribution in [1.29, 1.82) is 0 Å². The van der Waals surface area contributed by atoms with Crippen LogP contribution in [0.25, 0.3) is 0 Å². The molecule has 1 aliphatic rings. The van der Waals surface area contributed by atoms with Crippen LogP contribution in [0.4, 0.5) is 0 Å². The Labute approximate surface area is 141 Å². The third-order valence-electron chi connectivity index (χ3n) is 3.70. The summed E-state index contributed by atoms with van der Waals surface area (Å²) in [7, 11) is 3.72.